The molecule has 0 aliphatic carbocycles. The number of amidine groups is 1. The van der Waals surface area contributed by atoms with E-state index in [9.17, 15) is 0 Å². The predicted molar refractivity (Wildman–Crippen MR) is 75.8 cm³/mol. The summed E-state index contributed by atoms with van der Waals surface area (Å²) in [5, 5.41) is 7.39. The van der Waals surface area contributed by atoms with E-state index >= 15 is 0 Å². The van der Waals surface area contributed by atoms with E-state index < -0.39 is 0 Å². The van der Waals surface area contributed by atoms with Crippen LogP contribution in [0.4, 0.5) is 0 Å². The molecular formula is C15H23N3. The van der Waals surface area contributed by atoms with Crippen LogP contribution in [-0.4, -0.2) is 22.8 Å². The molecule has 1 fully saturated rings. The zero-order valence-electron chi connectivity index (χ0n) is 11.3. The number of hydrogen-bond donors (Lipinski definition) is 2. The number of hydrogen-bond acceptors (Lipinski definition) is 2. The Morgan fingerprint density at radius 2 is 1.78 bits per heavy atom. The Morgan fingerprint density at radius 3 is 2.28 bits per heavy atom. The summed E-state index contributed by atoms with van der Waals surface area (Å²) in [7, 11) is 0. The van der Waals surface area contributed by atoms with Gasteiger partial charge in [-0.05, 0) is 32.3 Å². The molecule has 0 bridgehead atoms. The van der Waals surface area contributed by atoms with Gasteiger partial charge in [0, 0.05) is 24.2 Å². The van der Waals surface area contributed by atoms with E-state index in [1.807, 2.05) is 12.1 Å². The van der Waals surface area contributed by atoms with Gasteiger partial charge in [-0.15, -0.1) is 0 Å². The van der Waals surface area contributed by atoms with Crippen molar-refractivity contribution in [1.82, 2.24) is 4.90 Å². The predicted octanol–water partition coefficient (Wildman–Crippen LogP) is 2.73. The van der Waals surface area contributed by atoms with Crippen LogP contribution in [-0.2, 0) is 6.54 Å². The summed E-state index contributed by atoms with van der Waals surface area (Å²) in [6.07, 6.45) is 3.95. The fourth-order valence-electron chi connectivity index (χ4n) is 2.79. The maximum atomic E-state index is 7.39. The third-order valence-electron chi connectivity index (χ3n) is 4.01. The molecule has 1 aliphatic rings. The molecule has 1 saturated heterocycles. The fourth-order valence-corrected chi connectivity index (χ4v) is 2.79. The first kappa shape index (κ1) is 13.1. The van der Waals surface area contributed by atoms with Gasteiger partial charge >= 0.3 is 0 Å². The van der Waals surface area contributed by atoms with Crippen LogP contribution < -0.4 is 5.73 Å². The van der Waals surface area contributed by atoms with Crippen molar-refractivity contribution in [2.75, 3.05) is 0 Å². The summed E-state index contributed by atoms with van der Waals surface area (Å²) in [5.41, 5.74) is 7.58. The Balaban J connectivity index is 2.06. The lowest BCUT2D eigenvalue weighted by molar-refractivity contribution is 0.0953. The van der Waals surface area contributed by atoms with Gasteiger partial charge in [0.2, 0.25) is 0 Å². The SMILES string of the molecule is CC1CCCC(C)N1Cc1ccc(C(=N)N)cc1. The average molecular weight is 245 g/mol. The van der Waals surface area contributed by atoms with E-state index in [0.29, 0.717) is 12.1 Å². The molecule has 2 atom stereocenters. The maximum absolute atomic E-state index is 7.39. The Hall–Kier alpha value is -1.35. The van der Waals surface area contributed by atoms with Gasteiger partial charge in [0.25, 0.3) is 0 Å². The summed E-state index contributed by atoms with van der Waals surface area (Å²) >= 11 is 0. The van der Waals surface area contributed by atoms with E-state index in [1.165, 1.54) is 24.8 Å². The van der Waals surface area contributed by atoms with Gasteiger partial charge in [0.15, 0.2) is 0 Å². The molecule has 18 heavy (non-hydrogen) atoms. The van der Waals surface area contributed by atoms with E-state index in [-0.39, 0.29) is 5.84 Å². The van der Waals surface area contributed by atoms with Crippen molar-refractivity contribution >= 4 is 5.84 Å². The van der Waals surface area contributed by atoms with Gasteiger partial charge in [0.1, 0.15) is 5.84 Å². The number of nitrogens with zero attached hydrogens (tertiary/aromatic N) is 1. The molecule has 0 aromatic heterocycles. The minimum absolute atomic E-state index is 0.140. The lowest BCUT2D eigenvalue weighted by Crippen LogP contribution is -2.42. The van der Waals surface area contributed by atoms with Crippen LogP contribution in [0.5, 0.6) is 0 Å². The molecule has 0 amide bonds. The van der Waals surface area contributed by atoms with Crippen LogP contribution in [0, 0.1) is 5.41 Å². The number of nitrogens with one attached hydrogen (secondary N) is 1. The van der Waals surface area contributed by atoms with Crippen molar-refractivity contribution < 1.29 is 0 Å². The summed E-state index contributed by atoms with van der Waals surface area (Å²) in [4.78, 5) is 2.58. The highest BCUT2D eigenvalue weighted by Crippen LogP contribution is 2.24. The first-order chi connectivity index (χ1) is 8.58. The standard InChI is InChI=1S/C15H23N3/c1-11-4-3-5-12(2)18(11)10-13-6-8-14(9-7-13)15(16)17/h6-9,11-12H,3-5,10H2,1-2H3,(H3,16,17). The summed E-state index contributed by atoms with van der Waals surface area (Å²) in [6.45, 7) is 5.64. The normalized spacial score (nSPS) is 25.0. The molecule has 1 aromatic carbocycles. The molecule has 0 saturated carbocycles. The van der Waals surface area contributed by atoms with Crippen molar-refractivity contribution in [1.29, 1.82) is 5.41 Å². The lowest BCUT2D eigenvalue weighted by atomic mass is 9.96. The molecule has 3 N–H and O–H groups in total. The molecule has 2 unspecified atom stereocenters. The van der Waals surface area contributed by atoms with Crippen molar-refractivity contribution in [3.8, 4) is 0 Å². The second-order valence-corrected chi connectivity index (χ2v) is 5.41. The Kier molecular flexibility index (Phi) is 4.02. The third-order valence-corrected chi connectivity index (χ3v) is 4.01. The smallest absolute Gasteiger partial charge is 0.122 e. The maximum Gasteiger partial charge on any atom is 0.122 e. The first-order valence-electron chi connectivity index (χ1n) is 6.77. The molecule has 0 radical (unpaired) electrons. The summed E-state index contributed by atoms with van der Waals surface area (Å²) in [6, 6.07) is 9.39. The number of rotatable bonds is 3. The van der Waals surface area contributed by atoms with E-state index in [4.69, 9.17) is 11.1 Å². The third kappa shape index (κ3) is 2.91. The molecule has 1 heterocycles. The van der Waals surface area contributed by atoms with Gasteiger partial charge in [-0.3, -0.25) is 10.3 Å². The van der Waals surface area contributed by atoms with E-state index in [2.05, 4.69) is 30.9 Å². The molecule has 0 spiro atoms. The van der Waals surface area contributed by atoms with Crippen LogP contribution in [0.3, 0.4) is 0 Å². The molecular weight excluding hydrogens is 222 g/mol. The first-order valence-corrected chi connectivity index (χ1v) is 6.77. The number of benzene rings is 1. The number of nitrogens with two attached hydrogens (primary N) is 1. The van der Waals surface area contributed by atoms with Gasteiger partial charge in [-0.25, -0.2) is 0 Å². The highest BCUT2D eigenvalue weighted by atomic mass is 15.2. The quantitative estimate of drug-likeness (QED) is 0.635. The molecule has 1 aliphatic heterocycles. The number of likely N-dealkylation sites (tertiary alicyclic amines) is 1. The highest BCUT2D eigenvalue weighted by molar-refractivity contribution is 5.94. The van der Waals surface area contributed by atoms with Crippen molar-refractivity contribution in [3.05, 3.63) is 35.4 Å². The van der Waals surface area contributed by atoms with Gasteiger partial charge in [0.05, 0.1) is 0 Å². The van der Waals surface area contributed by atoms with Crippen LogP contribution in [0.15, 0.2) is 24.3 Å². The Labute approximate surface area is 109 Å². The van der Waals surface area contributed by atoms with Gasteiger partial charge < -0.3 is 5.73 Å². The van der Waals surface area contributed by atoms with E-state index in [1.54, 1.807) is 0 Å². The topological polar surface area (TPSA) is 53.1 Å². The molecule has 2 rings (SSSR count). The second-order valence-electron chi connectivity index (χ2n) is 5.41. The average Bonchev–Trinajstić information content (AvgIpc) is 2.34. The number of piperidine rings is 1. The minimum Gasteiger partial charge on any atom is -0.384 e. The largest absolute Gasteiger partial charge is 0.384 e. The monoisotopic (exact) mass is 245 g/mol. The van der Waals surface area contributed by atoms with Crippen LogP contribution in [0.1, 0.15) is 44.2 Å². The van der Waals surface area contributed by atoms with Crippen LogP contribution in [0.2, 0.25) is 0 Å². The van der Waals surface area contributed by atoms with Gasteiger partial charge in [-0.1, -0.05) is 30.7 Å². The number of nitrogen functional groups attached to an aromatic ring is 1. The highest BCUT2D eigenvalue weighted by Gasteiger charge is 2.24. The zero-order valence-corrected chi connectivity index (χ0v) is 11.3. The van der Waals surface area contributed by atoms with Crippen LogP contribution in [0.25, 0.3) is 0 Å². The van der Waals surface area contributed by atoms with Crippen LogP contribution >= 0.6 is 0 Å². The molecule has 3 nitrogen and oxygen atoms in total. The lowest BCUT2D eigenvalue weighted by Gasteiger charge is -2.39. The summed E-state index contributed by atoms with van der Waals surface area (Å²) < 4.78 is 0. The molecule has 3 heteroatoms. The Morgan fingerprint density at radius 1 is 1.22 bits per heavy atom. The van der Waals surface area contributed by atoms with Crippen molar-refractivity contribution in [2.45, 2.75) is 51.7 Å². The Bertz CT molecular complexity index is 400. The zero-order chi connectivity index (χ0) is 13.1. The van der Waals surface area contributed by atoms with Crippen molar-refractivity contribution in [2.24, 2.45) is 5.73 Å². The van der Waals surface area contributed by atoms with E-state index in [0.717, 1.165) is 12.1 Å². The molecule has 98 valence electrons. The van der Waals surface area contributed by atoms with Crippen molar-refractivity contribution in [3.63, 3.8) is 0 Å². The second kappa shape index (κ2) is 5.53. The fraction of sp³-hybridized carbons (Fsp3) is 0.533. The molecule has 1 aromatic rings. The minimum atomic E-state index is 0.140. The summed E-state index contributed by atoms with van der Waals surface area (Å²) in [5.74, 6) is 0.140. The van der Waals surface area contributed by atoms with Gasteiger partial charge in [-0.2, -0.15) is 0 Å².